The molecule has 0 saturated heterocycles. The molecular weight excluding hydrogens is 374 g/mol. The average Bonchev–Trinajstić information content (AvgIpc) is 3.23. The molecule has 1 aromatic heterocycles. The first kappa shape index (κ1) is 21.8. The van der Waals surface area contributed by atoms with Gasteiger partial charge in [-0.1, -0.05) is 31.2 Å². The third-order valence-corrected chi connectivity index (χ3v) is 4.19. The molecule has 0 fully saturated rings. The van der Waals surface area contributed by atoms with Crippen LogP contribution in [0.4, 0.5) is 0 Å². The van der Waals surface area contributed by atoms with Crippen LogP contribution in [-0.2, 0) is 13.1 Å². The average molecular weight is 402 g/mol. The van der Waals surface area contributed by atoms with Crippen molar-refractivity contribution in [1.82, 2.24) is 14.9 Å². The van der Waals surface area contributed by atoms with Gasteiger partial charge in [0.15, 0.2) is 11.5 Å². The van der Waals surface area contributed by atoms with Crippen molar-refractivity contribution in [3.05, 3.63) is 72.3 Å². The van der Waals surface area contributed by atoms with E-state index in [-0.39, 0.29) is 12.4 Å². The van der Waals surface area contributed by atoms with Crippen molar-refractivity contribution < 1.29 is 9.47 Å². The second kappa shape index (κ2) is 11.4. The summed E-state index contributed by atoms with van der Waals surface area (Å²) in [6.45, 7) is 6.92. The van der Waals surface area contributed by atoms with Crippen LogP contribution in [0, 0.1) is 0 Å². The number of nitrogens with one attached hydrogen (secondary N) is 1. The van der Waals surface area contributed by atoms with Crippen LogP contribution in [0.1, 0.15) is 31.4 Å². The molecule has 1 N–H and O–H groups in total. The molecule has 2 aromatic carbocycles. The summed E-state index contributed by atoms with van der Waals surface area (Å²) in [4.78, 5) is 4.08. The minimum absolute atomic E-state index is 0. The first-order chi connectivity index (χ1) is 13.3. The Balaban J connectivity index is 0.00000280. The SMILES string of the molecule is CCCOc1c(CNCc2ccc(-n3ccnc3)cc2)cccc1OCC.Cl. The largest absolute Gasteiger partial charge is 0.490 e. The minimum Gasteiger partial charge on any atom is -0.490 e. The van der Waals surface area contributed by atoms with Gasteiger partial charge in [-0.2, -0.15) is 0 Å². The quantitative estimate of drug-likeness (QED) is 0.531. The standard InChI is InChI=1S/C22H27N3O2.ClH/c1-3-14-27-22-19(6-5-7-21(22)26-4-2)16-24-15-18-8-10-20(11-9-18)25-13-12-23-17-25;/h5-13,17,24H,3-4,14-16H2,1-2H3;1H. The van der Waals surface area contributed by atoms with Gasteiger partial charge in [0, 0.05) is 36.7 Å². The third-order valence-electron chi connectivity index (χ3n) is 4.19. The zero-order valence-electron chi connectivity index (χ0n) is 16.4. The smallest absolute Gasteiger partial charge is 0.165 e. The van der Waals surface area contributed by atoms with Crippen LogP contribution in [0.2, 0.25) is 0 Å². The lowest BCUT2D eigenvalue weighted by molar-refractivity contribution is 0.274. The van der Waals surface area contributed by atoms with E-state index in [0.29, 0.717) is 13.2 Å². The lowest BCUT2D eigenvalue weighted by Crippen LogP contribution is -2.14. The highest BCUT2D eigenvalue weighted by molar-refractivity contribution is 5.85. The predicted octanol–water partition coefficient (Wildman–Crippen LogP) is 4.77. The number of rotatable bonds is 10. The molecule has 1 heterocycles. The molecule has 0 radical (unpaired) electrons. The van der Waals surface area contributed by atoms with E-state index in [0.717, 1.165) is 42.3 Å². The molecule has 0 amide bonds. The molecule has 0 saturated carbocycles. The van der Waals surface area contributed by atoms with E-state index in [9.17, 15) is 0 Å². The van der Waals surface area contributed by atoms with Gasteiger partial charge in [0.1, 0.15) is 0 Å². The molecule has 0 spiro atoms. The third kappa shape index (κ3) is 5.75. The maximum atomic E-state index is 5.96. The fraction of sp³-hybridized carbons (Fsp3) is 0.318. The topological polar surface area (TPSA) is 48.3 Å². The minimum atomic E-state index is 0. The first-order valence-electron chi connectivity index (χ1n) is 9.47. The summed E-state index contributed by atoms with van der Waals surface area (Å²) in [5, 5.41) is 3.50. The monoisotopic (exact) mass is 401 g/mol. The molecule has 6 heteroatoms. The number of ether oxygens (including phenoxy) is 2. The molecule has 3 aromatic rings. The van der Waals surface area contributed by atoms with E-state index in [1.807, 2.05) is 29.8 Å². The van der Waals surface area contributed by atoms with Gasteiger partial charge in [-0.05, 0) is 37.1 Å². The number of hydrogen-bond acceptors (Lipinski definition) is 4. The lowest BCUT2D eigenvalue weighted by Gasteiger charge is -2.16. The van der Waals surface area contributed by atoms with Crippen LogP contribution < -0.4 is 14.8 Å². The highest BCUT2D eigenvalue weighted by Crippen LogP contribution is 2.31. The van der Waals surface area contributed by atoms with Crippen LogP contribution in [-0.4, -0.2) is 22.8 Å². The van der Waals surface area contributed by atoms with E-state index >= 15 is 0 Å². The van der Waals surface area contributed by atoms with Crippen LogP contribution >= 0.6 is 12.4 Å². The molecule has 0 aliphatic rings. The first-order valence-corrected chi connectivity index (χ1v) is 9.47. The number of hydrogen-bond donors (Lipinski definition) is 1. The van der Waals surface area contributed by atoms with Crippen LogP contribution in [0.15, 0.2) is 61.2 Å². The van der Waals surface area contributed by atoms with Crippen LogP contribution in [0.5, 0.6) is 11.5 Å². The second-order valence-corrected chi connectivity index (χ2v) is 6.27. The lowest BCUT2D eigenvalue weighted by atomic mass is 10.1. The molecular formula is C22H28ClN3O2. The van der Waals surface area contributed by atoms with Crippen molar-refractivity contribution in [3.8, 4) is 17.2 Å². The van der Waals surface area contributed by atoms with E-state index < -0.39 is 0 Å². The highest BCUT2D eigenvalue weighted by atomic mass is 35.5. The van der Waals surface area contributed by atoms with Gasteiger partial charge in [-0.25, -0.2) is 4.98 Å². The van der Waals surface area contributed by atoms with Gasteiger partial charge in [0.25, 0.3) is 0 Å². The van der Waals surface area contributed by atoms with Crippen molar-refractivity contribution in [3.63, 3.8) is 0 Å². The second-order valence-electron chi connectivity index (χ2n) is 6.27. The summed E-state index contributed by atoms with van der Waals surface area (Å²) in [7, 11) is 0. The van der Waals surface area contributed by atoms with Crippen molar-refractivity contribution >= 4 is 12.4 Å². The summed E-state index contributed by atoms with van der Waals surface area (Å²) in [5.74, 6) is 1.67. The van der Waals surface area contributed by atoms with E-state index in [1.54, 1.807) is 12.5 Å². The summed E-state index contributed by atoms with van der Waals surface area (Å²) in [6, 6.07) is 14.5. The normalized spacial score (nSPS) is 10.4. The van der Waals surface area contributed by atoms with Gasteiger partial charge in [0.05, 0.1) is 19.5 Å². The maximum absolute atomic E-state index is 5.96. The molecule has 0 atom stereocenters. The number of benzene rings is 2. The van der Waals surface area contributed by atoms with Gasteiger partial charge in [0.2, 0.25) is 0 Å². The molecule has 0 unspecified atom stereocenters. The number of nitrogens with zero attached hydrogens (tertiary/aromatic N) is 2. The fourth-order valence-electron chi connectivity index (χ4n) is 2.88. The highest BCUT2D eigenvalue weighted by Gasteiger charge is 2.10. The summed E-state index contributed by atoms with van der Waals surface area (Å²) in [5.41, 5.74) is 3.45. The Morgan fingerprint density at radius 1 is 1.00 bits per heavy atom. The van der Waals surface area contributed by atoms with Gasteiger partial charge in [-0.3, -0.25) is 0 Å². The molecule has 0 bridgehead atoms. The van der Waals surface area contributed by atoms with E-state index in [1.165, 1.54) is 5.56 Å². The zero-order chi connectivity index (χ0) is 18.9. The molecule has 28 heavy (non-hydrogen) atoms. The van der Waals surface area contributed by atoms with Crippen molar-refractivity contribution in [2.45, 2.75) is 33.4 Å². The van der Waals surface area contributed by atoms with Crippen molar-refractivity contribution in [2.24, 2.45) is 0 Å². The summed E-state index contributed by atoms with van der Waals surface area (Å²) < 4.78 is 13.7. The Kier molecular flexibility index (Phi) is 8.85. The van der Waals surface area contributed by atoms with Gasteiger partial charge < -0.3 is 19.4 Å². The zero-order valence-corrected chi connectivity index (χ0v) is 17.2. The number of para-hydroxylation sites is 1. The summed E-state index contributed by atoms with van der Waals surface area (Å²) in [6.07, 6.45) is 6.49. The molecule has 0 aliphatic heterocycles. The molecule has 5 nitrogen and oxygen atoms in total. The molecule has 0 aliphatic carbocycles. The Morgan fingerprint density at radius 3 is 2.50 bits per heavy atom. The molecule has 3 rings (SSSR count). The Bertz CT molecular complexity index is 820. The molecule has 150 valence electrons. The van der Waals surface area contributed by atoms with Crippen LogP contribution in [0.3, 0.4) is 0 Å². The van der Waals surface area contributed by atoms with E-state index in [4.69, 9.17) is 9.47 Å². The van der Waals surface area contributed by atoms with Gasteiger partial charge in [-0.15, -0.1) is 12.4 Å². The van der Waals surface area contributed by atoms with Gasteiger partial charge >= 0.3 is 0 Å². The Hall–Kier alpha value is -2.50. The van der Waals surface area contributed by atoms with Crippen molar-refractivity contribution in [1.29, 1.82) is 0 Å². The fourth-order valence-corrected chi connectivity index (χ4v) is 2.88. The Labute approximate surface area is 173 Å². The maximum Gasteiger partial charge on any atom is 0.165 e. The summed E-state index contributed by atoms with van der Waals surface area (Å²) >= 11 is 0. The predicted molar refractivity (Wildman–Crippen MR) is 115 cm³/mol. The van der Waals surface area contributed by atoms with Crippen molar-refractivity contribution in [2.75, 3.05) is 13.2 Å². The van der Waals surface area contributed by atoms with E-state index in [2.05, 4.69) is 47.6 Å². The Morgan fingerprint density at radius 2 is 1.82 bits per heavy atom. The number of aromatic nitrogens is 2. The number of halogens is 1. The van der Waals surface area contributed by atoms with Crippen LogP contribution in [0.25, 0.3) is 5.69 Å². The number of imidazole rings is 1.